The minimum atomic E-state index is -0.630. The number of benzene rings is 1. The lowest BCUT2D eigenvalue weighted by molar-refractivity contribution is -0.131. The lowest BCUT2D eigenvalue weighted by Crippen LogP contribution is -2.36. The molecule has 2 atom stereocenters. The number of carbonyl (C=O) groups is 1. The molecule has 0 saturated heterocycles. The third-order valence-corrected chi connectivity index (χ3v) is 8.20. The molecular weight excluding hydrogens is 556 g/mol. The highest BCUT2D eigenvalue weighted by Crippen LogP contribution is 2.31. The van der Waals surface area contributed by atoms with Crippen LogP contribution in [0.25, 0.3) is 5.69 Å². The lowest BCUT2D eigenvalue weighted by Gasteiger charge is -2.32. The van der Waals surface area contributed by atoms with Crippen molar-refractivity contribution in [1.29, 1.82) is 0 Å². The van der Waals surface area contributed by atoms with E-state index in [9.17, 15) is 9.90 Å². The van der Waals surface area contributed by atoms with Gasteiger partial charge in [0.15, 0.2) is 0 Å². The number of aliphatic hydroxyl groups excluding tert-OH is 1. The molecule has 1 N–H and O–H groups in total. The monoisotopic (exact) mass is 614 g/mol. The molecule has 0 aliphatic rings. The Morgan fingerprint density at radius 3 is 2.47 bits per heavy atom. The summed E-state index contributed by atoms with van der Waals surface area (Å²) < 4.78 is 8.13. The van der Waals surface area contributed by atoms with Gasteiger partial charge in [0.25, 0.3) is 0 Å². The lowest BCUT2D eigenvalue weighted by atomic mass is 9.86. The van der Waals surface area contributed by atoms with Crippen molar-refractivity contribution in [2.75, 3.05) is 25.1 Å². The summed E-state index contributed by atoms with van der Waals surface area (Å²) in [6.07, 6.45) is 8.86. The maximum absolute atomic E-state index is 13.2. The Kier molecular flexibility index (Phi) is 14.3. The van der Waals surface area contributed by atoms with Gasteiger partial charge in [-0.25, -0.2) is 4.68 Å². The average Bonchev–Trinajstić information content (AvgIpc) is 3.40. The minimum Gasteiger partial charge on any atom is -0.513 e. The summed E-state index contributed by atoms with van der Waals surface area (Å²) >= 11 is 1.77. The van der Waals surface area contributed by atoms with Crippen molar-refractivity contribution in [2.24, 2.45) is 17.8 Å². The molecule has 0 bridgehead atoms. The molecule has 1 aromatic carbocycles. The summed E-state index contributed by atoms with van der Waals surface area (Å²) in [5, 5.41) is 19.6. The molecular formula is C35H58N4O3S. The van der Waals surface area contributed by atoms with E-state index in [1.54, 1.807) is 11.8 Å². The van der Waals surface area contributed by atoms with E-state index in [4.69, 9.17) is 4.74 Å². The van der Waals surface area contributed by atoms with Crippen LogP contribution < -0.4 is 0 Å². The number of allylic oxidation sites excluding steroid dienone is 1. The third kappa shape index (κ3) is 12.3. The predicted molar refractivity (Wildman–Crippen MR) is 181 cm³/mol. The number of carbonyl (C=O) groups excluding carboxylic acids is 1. The molecule has 8 heteroatoms. The quantitative estimate of drug-likeness (QED) is 0.171. The molecule has 7 nitrogen and oxygen atoms in total. The Labute approximate surface area is 265 Å². The number of hydrogen-bond acceptors (Lipinski definition) is 6. The molecule has 1 amide bonds. The highest BCUT2D eigenvalue weighted by atomic mass is 32.2. The largest absolute Gasteiger partial charge is 0.513 e. The van der Waals surface area contributed by atoms with E-state index >= 15 is 0 Å². The summed E-state index contributed by atoms with van der Waals surface area (Å²) in [4.78, 5) is 15.2. The van der Waals surface area contributed by atoms with Crippen molar-refractivity contribution in [3.05, 3.63) is 53.6 Å². The number of nitrogens with zero attached hydrogens (tertiary/aromatic N) is 4. The number of amides is 1. The van der Waals surface area contributed by atoms with Gasteiger partial charge in [0, 0.05) is 31.2 Å². The Hall–Kier alpha value is -2.32. The highest BCUT2D eigenvalue weighted by molar-refractivity contribution is 7.98. The molecule has 0 radical (unpaired) electrons. The fraction of sp³-hybridized carbons (Fsp3) is 0.686. The topological polar surface area (TPSA) is 80.5 Å². The van der Waals surface area contributed by atoms with E-state index in [0.717, 1.165) is 60.6 Å². The molecule has 242 valence electrons. The first-order chi connectivity index (χ1) is 20.1. The number of aliphatic hydroxyl groups is 1. The third-order valence-electron chi connectivity index (χ3n) is 7.61. The summed E-state index contributed by atoms with van der Waals surface area (Å²) in [7, 11) is 0. The first-order valence-corrected chi connectivity index (χ1v) is 17.3. The van der Waals surface area contributed by atoms with E-state index in [-0.39, 0.29) is 23.2 Å². The van der Waals surface area contributed by atoms with Crippen molar-refractivity contribution in [3.8, 4) is 5.69 Å². The smallest absolute Gasteiger partial charge is 0.222 e. The van der Waals surface area contributed by atoms with Crippen LogP contribution in [0.5, 0.6) is 0 Å². The number of hydrogen-bond donors (Lipinski definition) is 1. The molecule has 1 aromatic heterocycles. The van der Waals surface area contributed by atoms with Crippen LogP contribution >= 0.6 is 11.8 Å². The van der Waals surface area contributed by atoms with Crippen LogP contribution in [0.4, 0.5) is 0 Å². The van der Waals surface area contributed by atoms with Crippen LogP contribution in [0.3, 0.4) is 0 Å². The molecule has 1 heterocycles. The van der Waals surface area contributed by atoms with Crippen molar-refractivity contribution >= 4 is 17.7 Å². The van der Waals surface area contributed by atoms with Gasteiger partial charge >= 0.3 is 0 Å². The summed E-state index contributed by atoms with van der Waals surface area (Å²) in [6.45, 7) is 24.3. The van der Waals surface area contributed by atoms with E-state index < -0.39 is 5.60 Å². The summed E-state index contributed by atoms with van der Waals surface area (Å²) in [5.41, 5.74) is 2.81. The number of thioether (sulfide) groups is 1. The molecule has 0 saturated carbocycles. The number of rotatable bonds is 18. The molecule has 0 aliphatic carbocycles. The molecule has 2 rings (SSSR count). The van der Waals surface area contributed by atoms with Crippen molar-refractivity contribution in [2.45, 2.75) is 112 Å². The fourth-order valence-corrected chi connectivity index (χ4v) is 6.10. The van der Waals surface area contributed by atoms with E-state index in [0.29, 0.717) is 31.1 Å². The van der Waals surface area contributed by atoms with Gasteiger partial charge in [-0.15, -0.1) is 5.10 Å². The van der Waals surface area contributed by atoms with Crippen LogP contribution in [-0.4, -0.2) is 61.6 Å². The minimum absolute atomic E-state index is 0.0580. The molecule has 0 fully saturated rings. The zero-order valence-corrected chi connectivity index (χ0v) is 29.4. The van der Waals surface area contributed by atoms with Gasteiger partial charge in [0.05, 0.1) is 23.2 Å². The van der Waals surface area contributed by atoms with Gasteiger partial charge in [0.1, 0.15) is 11.3 Å². The maximum atomic E-state index is 13.2. The normalized spacial score (nSPS) is 13.7. The highest BCUT2D eigenvalue weighted by Gasteiger charge is 2.31. The Morgan fingerprint density at radius 2 is 1.88 bits per heavy atom. The molecule has 0 spiro atoms. The van der Waals surface area contributed by atoms with Crippen molar-refractivity contribution in [1.82, 2.24) is 19.9 Å². The first kappa shape index (κ1) is 36.9. The standard InChI is InChI=1S/C35H58N4O3S/c1-12-13-26(4)20-30(27(5)40)22-29-16-14-28(15-17-33(41)38(18-19-43-11)23-25(2)3)21-31(29)39-24-32(36-37-39)35(9,10)42-34(6,7)8/h14,16,21,24-26,30,40H,5,12-13,15,17-20,22-23H2,1-4,6-11H3. The summed E-state index contributed by atoms with van der Waals surface area (Å²) in [5.74, 6) is 2.21. The Morgan fingerprint density at radius 1 is 1.19 bits per heavy atom. The number of ether oxygens (including phenoxy) is 1. The van der Waals surface area contributed by atoms with Crippen LogP contribution in [0.15, 0.2) is 36.7 Å². The SMILES string of the molecule is C=C(O)C(Cc1ccc(CCC(=O)N(CCSC)CC(C)C)cc1-n1cc(C(C)(C)OC(C)(C)C)nn1)CC(C)CCC. The zero-order chi connectivity index (χ0) is 32.4. The second-order valence-electron chi connectivity index (χ2n) is 14.0. The molecule has 2 unspecified atom stereocenters. The average molecular weight is 615 g/mol. The van der Waals surface area contributed by atoms with Gasteiger partial charge < -0.3 is 14.7 Å². The number of aromatic nitrogens is 3. The van der Waals surface area contributed by atoms with Gasteiger partial charge in [0.2, 0.25) is 5.91 Å². The van der Waals surface area contributed by atoms with E-state index in [1.165, 1.54) is 0 Å². The van der Waals surface area contributed by atoms with Crippen LogP contribution in [-0.2, 0) is 28.0 Å². The van der Waals surface area contributed by atoms with Gasteiger partial charge in [-0.1, -0.05) is 64.5 Å². The predicted octanol–water partition coefficient (Wildman–Crippen LogP) is 8.15. The zero-order valence-electron chi connectivity index (χ0n) is 28.6. The second-order valence-corrected chi connectivity index (χ2v) is 15.0. The maximum Gasteiger partial charge on any atom is 0.222 e. The fourth-order valence-electron chi connectivity index (χ4n) is 5.69. The Bertz CT molecular complexity index is 1170. The van der Waals surface area contributed by atoms with Gasteiger partial charge in [-0.3, -0.25) is 4.79 Å². The van der Waals surface area contributed by atoms with Gasteiger partial charge in [-0.05, 0) is 89.2 Å². The van der Waals surface area contributed by atoms with Crippen molar-refractivity contribution in [3.63, 3.8) is 0 Å². The van der Waals surface area contributed by atoms with E-state index in [2.05, 4.69) is 69.0 Å². The van der Waals surface area contributed by atoms with E-state index in [1.807, 2.05) is 50.4 Å². The Balaban J connectivity index is 2.43. The van der Waals surface area contributed by atoms with Gasteiger partial charge in [-0.2, -0.15) is 11.8 Å². The molecule has 0 aliphatic heterocycles. The summed E-state index contributed by atoms with van der Waals surface area (Å²) in [6, 6.07) is 6.35. The molecule has 43 heavy (non-hydrogen) atoms. The van der Waals surface area contributed by atoms with Crippen LogP contribution in [0.1, 0.15) is 105 Å². The van der Waals surface area contributed by atoms with Crippen LogP contribution in [0.2, 0.25) is 0 Å². The second kappa shape index (κ2) is 16.7. The van der Waals surface area contributed by atoms with Crippen LogP contribution in [0, 0.1) is 17.8 Å². The molecule has 2 aromatic rings. The number of aryl methyl sites for hydroxylation is 1. The first-order valence-electron chi connectivity index (χ1n) is 16.0. The van der Waals surface area contributed by atoms with Crippen molar-refractivity contribution < 1.29 is 14.6 Å².